The number of fused-ring (bicyclic) bond motifs is 4. The minimum absolute atomic E-state index is 0.190. The molecule has 3 N–H and O–H groups in total. The topological polar surface area (TPSA) is 86.7 Å². The molecular formula is C18H16FN5O2. The van der Waals surface area contributed by atoms with Gasteiger partial charge < -0.3 is 15.2 Å². The van der Waals surface area contributed by atoms with Gasteiger partial charge in [0.1, 0.15) is 5.82 Å². The lowest BCUT2D eigenvalue weighted by Crippen LogP contribution is -2.31. The molecule has 5 rings (SSSR count). The third-order valence-electron chi connectivity index (χ3n) is 4.49. The number of nitrogens with two attached hydrogens (primary N) is 1. The number of nitrogens with zero attached hydrogens (tertiary/aromatic N) is 3. The van der Waals surface area contributed by atoms with Crippen molar-refractivity contribution in [1.82, 2.24) is 9.55 Å². The fourth-order valence-corrected chi connectivity index (χ4v) is 3.32. The second-order valence-electron chi connectivity index (χ2n) is 6.18. The number of aliphatic imine (C=N–C) groups is 1. The van der Waals surface area contributed by atoms with Gasteiger partial charge in [-0.2, -0.15) is 0 Å². The van der Waals surface area contributed by atoms with Crippen LogP contribution < -0.4 is 20.5 Å². The first-order chi connectivity index (χ1) is 12.7. The predicted molar refractivity (Wildman–Crippen MR) is 95.1 cm³/mol. The molecule has 0 amide bonds. The van der Waals surface area contributed by atoms with Crippen molar-refractivity contribution in [2.75, 3.05) is 18.5 Å². The number of hydrogen-bond donors (Lipinski definition) is 2. The molecule has 2 aromatic carbocycles. The Bertz CT molecular complexity index is 1050. The van der Waals surface area contributed by atoms with Crippen LogP contribution in [0.3, 0.4) is 0 Å². The first-order valence-electron chi connectivity index (χ1n) is 8.37. The maximum absolute atomic E-state index is 14.4. The highest BCUT2D eigenvalue weighted by Crippen LogP contribution is 2.39. The van der Waals surface area contributed by atoms with Crippen molar-refractivity contribution in [3.63, 3.8) is 0 Å². The molecule has 0 unspecified atom stereocenters. The Kier molecular flexibility index (Phi) is 3.24. The van der Waals surface area contributed by atoms with E-state index in [4.69, 9.17) is 15.2 Å². The van der Waals surface area contributed by atoms with E-state index in [0.29, 0.717) is 41.7 Å². The molecule has 0 saturated carbocycles. The number of aromatic nitrogens is 2. The second-order valence-corrected chi connectivity index (χ2v) is 6.18. The molecule has 132 valence electrons. The van der Waals surface area contributed by atoms with E-state index < -0.39 is 6.17 Å². The highest BCUT2D eigenvalue weighted by molar-refractivity contribution is 5.95. The average Bonchev–Trinajstić information content (AvgIpc) is 2.81. The summed E-state index contributed by atoms with van der Waals surface area (Å²) in [4.78, 5) is 8.98. The van der Waals surface area contributed by atoms with Gasteiger partial charge in [0.15, 0.2) is 23.6 Å². The first kappa shape index (κ1) is 15.0. The number of anilines is 1. The van der Waals surface area contributed by atoms with E-state index in [1.807, 2.05) is 16.7 Å². The molecule has 1 atom stereocenters. The maximum atomic E-state index is 14.4. The van der Waals surface area contributed by atoms with E-state index in [1.54, 1.807) is 18.2 Å². The van der Waals surface area contributed by atoms with Crippen LogP contribution in [0.15, 0.2) is 41.4 Å². The summed E-state index contributed by atoms with van der Waals surface area (Å²) in [6, 6.07) is 10.2. The largest absolute Gasteiger partial charge is 0.489 e. The number of nitrogens with one attached hydrogen (secondary N) is 1. The number of benzene rings is 2. The lowest BCUT2D eigenvalue weighted by Gasteiger charge is -2.24. The third-order valence-corrected chi connectivity index (χ3v) is 4.49. The van der Waals surface area contributed by atoms with Gasteiger partial charge in [0.2, 0.25) is 5.95 Å². The lowest BCUT2D eigenvalue weighted by atomic mass is 10.1. The molecule has 0 radical (unpaired) electrons. The number of guanidine groups is 1. The fraction of sp³-hybridized carbons (Fsp3) is 0.222. The standard InChI is InChI=1S/C18H16FN5O2/c19-11-5-2-1-4-10(11)16-22-17(20)23-18-21-12-8-14-15(9-13(12)24(16)18)26-7-3-6-25-14/h1-2,4-5,8-9,16H,3,6-7H2,(H3,20,21,22,23)/t16-/m0/s1. The Morgan fingerprint density at radius 2 is 1.92 bits per heavy atom. The summed E-state index contributed by atoms with van der Waals surface area (Å²) in [6.07, 6.45) is 0.167. The Hall–Kier alpha value is -3.29. The molecule has 0 aliphatic carbocycles. The van der Waals surface area contributed by atoms with Crippen molar-refractivity contribution in [2.45, 2.75) is 12.6 Å². The summed E-state index contributed by atoms with van der Waals surface area (Å²) >= 11 is 0. The van der Waals surface area contributed by atoms with E-state index in [0.717, 1.165) is 11.9 Å². The minimum Gasteiger partial charge on any atom is -0.489 e. The Balaban J connectivity index is 1.74. The molecule has 0 saturated heterocycles. The second kappa shape index (κ2) is 5.62. The van der Waals surface area contributed by atoms with Gasteiger partial charge in [-0.15, -0.1) is 0 Å². The average molecular weight is 353 g/mol. The summed E-state index contributed by atoms with van der Waals surface area (Å²) in [7, 11) is 0. The summed E-state index contributed by atoms with van der Waals surface area (Å²) in [5.41, 5.74) is 7.79. The van der Waals surface area contributed by atoms with Gasteiger partial charge in [-0.05, 0) is 6.07 Å². The van der Waals surface area contributed by atoms with Gasteiger partial charge in [-0.1, -0.05) is 18.2 Å². The molecule has 0 fully saturated rings. The van der Waals surface area contributed by atoms with Gasteiger partial charge in [-0.3, -0.25) is 9.88 Å². The Morgan fingerprint density at radius 3 is 2.73 bits per heavy atom. The van der Waals surface area contributed by atoms with Gasteiger partial charge in [-0.25, -0.2) is 14.4 Å². The molecule has 3 heterocycles. The van der Waals surface area contributed by atoms with Crippen molar-refractivity contribution in [2.24, 2.45) is 10.7 Å². The number of rotatable bonds is 1. The van der Waals surface area contributed by atoms with Gasteiger partial charge in [0.05, 0.1) is 24.2 Å². The lowest BCUT2D eigenvalue weighted by molar-refractivity contribution is 0.297. The monoisotopic (exact) mass is 353 g/mol. The van der Waals surface area contributed by atoms with Gasteiger partial charge in [0.25, 0.3) is 0 Å². The van der Waals surface area contributed by atoms with Crippen LogP contribution in [0.25, 0.3) is 11.0 Å². The molecule has 26 heavy (non-hydrogen) atoms. The maximum Gasteiger partial charge on any atom is 0.212 e. The summed E-state index contributed by atoms with van der Waals surface area (Å²) < 4.78 is 27.8. The molecule has 0 bridgehead atoms. The van der Waals surface area contributed by atoms with Crippen molar-refractivity contribution in [3.8, 4) is 11.5 Å². The van der Waals surface area contributed by atoms with Crippen LogP contribution in [0.2, 0.25) is 0 Å². The van der Waals surface area contributed by atoms with Crippen LogP contribution in [-0.2, 0) is 0 Å². The zero-order chi connectivity index (χ0) is 17.7. The van der Waals surface area contributed by atoms with Crippen LogP contribution in [-0.4, -0.2) is 28.7 Å². The van der Waals surface area contributed by atoms with E-state index in [-0.39, 0.29) is 11.8 Å². The smallest absolute Gasteiger partial charge is 0.212 e. The summed E-state index contributed by atoms with van der Waals surface area (Å²) in [6.45, 7) is 1.18. The van der Waals surface area contributed by atoms with Crippen LogP contribution in [0, 0.1) is 5.82 Å². The van der Waals surface area contributed by atoms with E-state index >= 15 is 0 Å². The Morgan fingerprint density at radius 1 is 1.15 bits per heavy atom. The predicted octanol–water partition coefficient (Wildman–Crippen LogP) is 2.62. The third kappa shape index (κ3) is 2.26. The Labute approximate surface area is 148 Å². The zero-order valence-corrected chi connectivity index (χ0v) is 13.8. The number of halogens is 1. The summed E-state index contributed by atoms with van der Waals surface area (Å²) in [5, 5.41) is 2.95. The summed E-state index contributed by atoms with van der Waals surface area (Å²) in [5.74, 6) is 1.64. The van der Waals surface area contributed by atoms with Crippen molar-refractivity contribution in [3.05, 3.63) is 47.8 Å². The van der Waals surface area contributed by atoms with Crippen molar-refractivity contribution in [1.29, 1.82) is 0 Å². The van der Waals surface area contributed by atoms with Crippen LogP contribution in [0.5, 0.6) is 11.5 Å². The van der Waals surface area contributed by atoms with E-state index in [9.17, 15) is 4.39 Å². The SMILES string of the molecule is NC1=N[C@H](c2ccccc2F)n2c(nc3cc4c(cc32)OCCCO4)N1. The van der Waals surface area contributed by atoms with Gasteiger partial charge >= 0.3 is 0 Å². The van der Waals surface area contributed by atoms with Crippen molar-refractivity contribution >= 4 is 22.9 Å². The number of hydrogen-bond acceptors (Lipinski definition) is 6. The molecule has 3 aromatic rings. The minimum atomic E-state index is -0.651. The number of imidazole rings is 1. The molecule has 2 aliphatic rings. The molecule has 7 nitrogen and oxygen atoms in total. The van der Waals surface area contributed by atoms with Gasteiger partial charge in [0, 0.05) is 24.1 Å². The van der Waals surface area contributed by atoms with Crippen LogP contribution >= 0.6 is 0 Å². The zero-order valence-electron chi connectivity index (χ0n) is 13.8. The van der Waals surface area contributed by atoms with Crippen molar-refractivity contribution < 1.29 is 13.9 Å². The number of ether oxygens (including phenoxy) is 2. The van der Waals surface area contributed by atoms with Crippen LogP contribution in [0.4, 0.5) is 10.3 Å². The normalized spacial score (nSPS) is 18.7. The van der Waals surface area contributed by atoms with Crippen LogP contribution in [0.1, 0.15) is 18.2 Å². The quantitative estimate of drug-likeness (QED) is 0.702. The molecule has 0 spiro atoms. The molecule has 8 heteroatoms. The van der Waals surface area contributed by atoms with E-state index in [2.05, 4.69) is 15.3 Å². The highest BCUT2D eigenvalue weighted by Gasteiger charge is 2.28. The van der Waals surface area contributed by atoms with E-state index in [1.165, 1.54) is 6.07 Å². The fourth-order valence-electron chi connectivity index (χ4n) is 3.32. The molecule has 2 aliphatic heterocycles. The highest BCUT2D eigenvalue weighted by atomic mass is 19.1. The molecular weight excluding hydrogens is 337 g/mol. The molecule has 1 aromatic heterocycles. The first-order valence-corrected chi connectivity index (χ1v) is 8.37.